The first-order chi connectivity index (χ1) is 8.66. The van der Waals surface area contributed by atoms with Crippen LogP contribution in [0.3, 0.4) is 0 Å². The van der Waals surface area contributed by atoms with Crippen LogP contribution >= 0.6 is 11.6 Å². The van der Waals surface area contributed by atoms with Gasteiger partial charge in [0.1, 0.15) is 0 Å². The van der Waals surface area contributed by atoms with Crippen molar-refractivity contribution in [3.8, 4) is 0 Å². The molecule has 96 valence electrons. The molecule has 1 aromatic rings. The van der Waals surface area contributed by atoms with Crippen LogP contribution < -0.4 is 10.6 Å². The Kier molecular flexibility index (Phi) is 4.15. The number of nitrogens with one attached hydrogen (secondary N) is 2. The van der Waals surface area contributed by atoms with Crippen LogP contribution in [0.1, 0.15) is 29.6 Å². The molecular weight excluding hydrogens is 254 g/mol. The van der Waals surface area contributed by atoms with E-state index in [2.05, 4.69) is 15.6 Å². The van der Waals surface area contributed by atoms with Gasteiger partial charge in [-0.15, -0.1) is 0 Å². The molecular formula is C12H14ClN3O2. The Hall–Kier alpha value is -1.62. The van der Waals surface area contributed by atoms with Crippen molar-refractivity contribution in [2.75, 3.05) is 6.54 Å². The molecule has 2 N–H and O–H groups in total. The van der Waals surface area contributed by atoms with Crippen molar-refractivity contribution in [3.05, 3.63) is 29.0 Å². The zero-order chi connectivity index (χ0) is 13.0. The van der Waals surface area contributed by atoms with E-state index < -0.39 is 0 Å². The van der Waals surface area contributed by atoms with Crippen molar-refractivity contribution >= 4 is 23.4 Å². The fraction of sp³-hybridized carbons (Fsp3) is 0.417. The Labute approximate surface area is 110 Å². The van der Waals surface area contributed by atoms with Gasteiger partial charge in [0.2, 0.25) is 5.91 Å². The van der Waals surface area contributed by atoms with E-state index in [0.717, 1.165) is 12.8 Å². The molecule has 0 bridgehead atoms. The highest BCUT2D eigenvalue weighted by Gasteiger charge is 2.22. The summed E-state index contributed by atoms with van der Waals surface area (Å²) < 4.78 is 0. The van der Waals surface area contributed by atoms with Crippen molar-refractivity contribution in [1.82, 2.24) is 15.6 Å². The number of halogens is 1. The van der Waals surface area contributed by atoms with E-state index in [4.69, 9.17) is 11.6 Å². The van der Waals surface area contributed by atoms with Gasteiger partial charge < -0.3 is 10.6 Å². The van der Waals surface area contributed by atoms with E-state index in [1.807, 2.05) is 0 Å². The summed E-state index contributed by atoms with van der Waals surface area (Å²) in [6, 6.07) is 1.89. The Balaban J connectivity index is 1.74. The topological polar surface area (TPSA) is 71.1 Å². The van der Waals surface area contributed by atoms with Gasteiger partial charge in [-0.25, -0.2) is 0 Å². The highest BCUT2D eigenvalue weighted by molar-refractivity contribution is 6.33. The molecule has 0 atom stereocenters. The molecule has 0 aliphatic heterocycles. The SMILES string of the molecule is O=C(CCNC(=O)c1ccncc1Cl)NC1CC1. The van der Waals surface area contributed by atoms with Crippen LogP contribution in [0.15, 0.2) is 18.5 Å². The lowest BCUT2D eigenvalue weighted by molar-refractivity contribution is -0.121. The number of amides is 2. The predicted octanol–water partition coefficient (Wildman–Crippen LogP) is 1.13. The second kappa shape index (κ2) is 5.82. The minimum atomic E-state index is -0.290. The molecule has 0 unspecified atom stereocenters. The smallest absolute Gasteiger partial charge is 0.252 e. The third kappa shape index (κ3) is 3.70. The van der Waals surface area contributed by atoms with E-state index in [-0.39, 0.29) is 18.2 Å². The average molecular weight is 268 g/mol. The Bertz CT molecular complexity index is 460. The number of carbonyl (C=O) groups is 2. The fourth-order valence-electron chi connectivity index (χ4n) is 1.47. The molecule has 5 nitrogen and oxygen atoms in total. The zero-order valence-corrected chi connectivity index (χ0v) is 10.5. The van der Waals surface area contributed by atoms with Crippen LogP contribution in [0.4, 0.5) is 0 Å². The summed E-state index contributed by atoms with van der Waals surface area (Å²) in [5, 5.41) is 5.81. The van der Waals surface area contributed by atoms with Crippen molar-refractivity contribution in [2.24, 2.45) is 0 Å². The third-order valence-corrected chi connectivity index (χ3v) is 2.90. The van der Waals surface area contributed by atoms with Gasteiger partial charge in [-0.3, -0.25) is 14.6 Å². The number of hydrogen-bond donors (Lipinski definition) is 2. The van der Waals surface area contributed by atoms with Crippen molar-refractivity contribution in [2.45, 2.75) is 25.3 Å². The van der Waals surface area contributed by atoms with Gasteiger partial charge in [0, 0.05) is 31.4 Å². The summed E-state index contributed by atoms with van der Waals surface area (Å²) in [4.78, 5) is 26.9. The van der Waals surface area contributed by atoms with Gasteiger partial charge in [0.25, 0.3) is 5.91 Å². The number of hydrogen-bond acceptors (Lipinski definition) is 3. The molecule has 1 saturated carbocycles. The second-order valence-corrected chi connectivity index (χ2v) is 4.61. The molecule has 1 aliphatic carbocycles. The van der Waals surface area contributed by atoms with E-state index in [1.54, 1.807) is 6.07 Å². The molecule has 0 radical (unpaired) electrons. The van der Waals surface area contributed by atoms with Crippen LogP contribution in [0, 0.1) is 0 Å². The van der Waals surface area contributed by atoms with E-state index in [9.17, 15) is 9.59 Å². The van der Waals surface area contributed by atoms with Gasteiger partial charge in [0.05, 0.1) is 10.6 Å². The number of rotatable bonds is 5. The summed E-state index contributed by atoms with van der Waals surface area (Å²) >= 11 is 5.84. The Morgan fingerprint density at radius 2 is 2.22 bits per heavy atom. The molecule has 1 heterocycles. The minimum Gasteiger partial charge on any atom is -0.353 e. The third-order valence-electron chi connectivity index (χ3n) is 2.60. The summed E-state index contributed by atoms with van der Waals surface area (Å²) in [7, 11) is 0. The molecule has 2 rings (SSSR count). The normalized spacial score (nSPS) is 14.1. The predicted molar refractivity (Wildman–Crippen MR) is 67.4 cm³/mol. The van der Waals surface area contributed by atoms with Gasteiger partial charge in [-0.05, 0) is 18.9 Å². The summed E-state index contributed by atoms with van der Waals surface area (Å²) in [5.74, 6) is -0.319. The minimum absolute atomic E-state index is 0.0291. The van der Waals surface area contributed by atoms with Gasteiger partial charge in [-0.2, -0.15) is 0 Å². The lowest BCUT2D eigenvalue weighted by atomic mass is 10.2. The Morgan fingerprint density at radius 3 is 2.89 bits per heavy atom. The van der Waals surface area contributed by atoms with Crippen molar-refractivity contribution in [3.63, 3.8) is 0 Å². The van der Waals surface area contributed by atoms with Gasteiger partial charge >= 0.3 is 0 Å². The molecule has 1 aromatic heterocycles. The fourth-order valence-corrected chi connectivity index (χ4v) is 1.68. The van der Waals surface area contributed by atoms with E-state index in [0.29, 0.717) is 23.2 Å². The molecule has 1 fully saturated rings. The molecule has 1 aliphatic rings. The number of nitrogens with zero attached hydrogens (tertiary/aromatic N) is 1. The van der Waals surface area contributed by atoms with Gasteiger partial charge in [0.15, 0.2) is 0 Å². The monoisotopic (exact) mass is 267 g/mol. The lowest BCUT2D eigenvalue weighted by Crippen LogP contribution is -2.31. The zero-order valence-electron chi connectivity index (χ0n) is 9.78. The second-order valence-electron chi connectivity index (χ2n) is 4.20. The first-order valence-electron chi connectivity index (χ1n) is 5.84. The first kappa shape index (κ1) is 12.8. The number of carbonyl (C=O) groups excluding carboxylic acids is 2. The van der Waals surface area contributed by atoms with Crippen LogP contribution in [-0.4, -0.2) is 29.4 Å². The average Bonchev–Trinajstić information content (AvgIpc) is 3.13. The highest BCUT2D eigenvalue weighted by Crippen LogP contribution is 2.18. The molecule has 2 amide bonds. The summed E-state index contributed by atoms with van der Waals surface area (Å²) in [6.45, 7) is 0.302. The summed E-state index contributed by atoms with van der Waals surface area (Å²) in [5.41, 5.74) is 0.370. The Morgan fingerprint density at radius 1 is 1.44 bits per heavy atom. The maximum Gasteiger partial charge on any atom is 0.252 e. The standard InChI is InChI=1S/C12H14ClN3O2/c13-10-7-14-5-3-9(10)12(18)15-6-4-11(17)16-8-1-2-8/h3,5,7-8H,1-2,4,6H2,(H,15,18)(H,16,17). The molecule has 18 heavy (non-hydrogen) atoms. The van der Waals surface area contributed by atoms with E-state index in [1.165, 1.54) is 12.4 Å². The van der Waals surface area contributed by atoms with Crippen LogP contribution in [0.5, 0.6) is 0 Å². The highest BCUT2D eigenvalue weighted by atomic mass is 35.5. The van der Waals surface area contributed by atoms with Gasteiger partial charge in [-0.1, -0.05) is 11.6 Å². The molecule has 0 spiro atoms. The molecule has 0 saturated heterocycles. The van der Waals surface area contributed by atoms with Crippen LogP contribution in [0.25, 0.3) is 0 Å². The molecule has 6 heteroatoms. The van der Waals surface area contributed by atoms with Crippen LogP contribution in [0.2, 0.25) is 5.02 Å². The van der Waals surface area contributed by atoms with Crippen molar-refractivity contribution < 1.29 is 9.59 Å². The van der Waals surface area contributed by atoms with Crippen LogP contribution in [-0.2, 0) is 4.79 Å². The molecule has 0 aromatic carbocycles. The largest absolute Gasteiger partial charge is 0.353 e. The maximum absolute atomic E-state index is 11.7. The lowest BCUT2D eigenvalue weighted by Gasteiger charge is -2.06. The first-order valence-corrected chi connectivity index (χ1v) is 6.21. The maximum atomic E-state index is 11.7. The summed E-state index contributed by atoms with van der Waals surface area (Å²) in [6.07, 6.45) is 5.32. The number of pyridine rings is 1. The quantitative estimate of drug-likeness (QED) is 0.840. The van der Waals surface area contributed by atoms with Crippen molar-refractivity contribution in [1.29, 1.82) is 0 Å². The number of aromatic nitrogens is 1. The van der Waals surface area contributed by atoms with E-state index >= 15 is 0 Å².